The number of anilines is 1. The van der Waals surface area contributed by atoms with Gasteiger partial charge < -0.3 is 15.0 Å². The van der Waals surface area contributed by atoms with Crippen LogP contribution in [0.3, 0.4) is 0 Å². The average molecular weight is 365 g/mol. The van der Waals surface area contributed by atoms with Crippen LogP contribution in [0.4, 0.5) is 19.0 Å². The van der Waals surface area contributed by atoms with Gasteiger partial charge in [0.15, 0.2) is 0 Å². The highest BCUT2D eigenvalue weighted by atomic mass is 19.4. The Bertz CT molecular complexity index is 740. The van der Waals surface area contributed by atoms with E-state index in [2.05, 4.69) is 19.9 Å². The Kier molecular flexibility index (Phi) is 5.29. The summed E-state index contributed by atoms with van der Waals surface area (Å²) in [5.41, 5.74) is 1.10. The second kappa shape index (κ2) is 7.63. The molecule has 2 aromatic rings. The van der Waals surface area contributed by atoms with Gasteiger partial charge in [0.25, 0.3) is 5.91 Å². The van der Waals surface area contributed by atoms with Crippen molar-refractivity contribution in [3.05, 3.63) is 53.7 Å². The maximum absolute atomic E-state index is 12.1. The second-order valence-electron chi connectivity index (χ2n) is 5.97. The first-order chi connectivity index (χ1) is 12.4. The van der Waals surface area contributed by atoms with Gasteiger partial charge in [0.2, 0.25) is 0 Å². The van der Waals surface area contributed by atoms with Crippen LogP contribution in [0.2, 0.25) is 0 Å². The third-order valence-corrected chi connectivity index (χ3v) is 4.04. The third-order valence-electron chi connectivity index (χ3n) is 4.04. The first-order valence-corrected chi connectivity index (χ1v) is 8.25. The van der Waals surface area contributed by atoms with Crippen LogP contribution in [0.15, 0.2) is 42.6 Å². The predicted octanol–water partition coefficient (Wildman–Crippen LogP) is 3.51. The number of nitrogens with one attached hydrogen (secondary N) is 1. The zero-order valence-electron chi connectivity index (χ0n) is 13.9. The van der Waals surface area contributed by atoms with Gasteiger partial charge in [-0.3, -0.25) is 4.79 Å². The lowest BCUT2D eigenvalue weighted by Crippen LogP contribution is -2.23. The van der Waals surface area contributed by atoms with Gasteiger partial charge in [-0.2, -0.15) is 0 Å². The number of hydrogen-bond donors (Lipinski definition) is 1. The minimum Gasteiger partial charge on any atom is -0.406 e. The third kappa shape index (κ3) is 4.87. The van der Waals surface area contributed by atoms with E-state index < -0.39 is 6.36 Å². The average Bonchev–Trinajstić information content (AvgIpc) is 3.14. The normalized spacial score (nSPS) is 14.3. The fourth-order valence-electron chi connectivity index (χ4n) is 2.75. The lowest BCUT2D eigenvalue weighted by molar-refractivity contribution is -0.274. The fraction of sp³-hybridized carbons (Fsp3) is 0.333. The Morgan fingerprint density at radius 1 is 1.12 bits per heavy atom. The molecule has 0 aliphatic carbocycles. The van der Waals surface area contributed by atoms with E-state index in [0.29, 0.717) is 0 Å². The van der Waals surface area contributed by atoms with E-state index in [0.717, 1.165) is 36.6 Å². The summed E-state index contributed by atoms with van der Waals surface area (Å²) in [7, 11) is 0. The number of pyridine rings is 1. The number of alkyl halides is 3. The molecule has 1 N–H and O–H groups in total. The number of carbonyl (C=O) groups excluding carboxylic acids is 1. The summed E-state index contributed by atoms with van der Waals surface area (Å²) in [4.78, 5) is 18.7. The molecule has 0 radical (unpaired) electrons. The van der Waals surface area contributed by atoms with Crippen molar-refractivity contribution < 1.29 is 22.7 Å². The number of hydrogen-bond acceptors (Lipinski definition) is 4. The predicted molar refractivity (Wildman–Crippen MR) is 90.0 cm³/mol. The first-order valence-electron chi connectivity index (χ1n) is 8.25. The minimum atomic E-state index is -4.75. The lowest BCUT2D eigenvalue weighted by Gasteiger charge is -2.16. The number of amides is 1. The molecule has 0 atom stereocenters. The fourth-order valence-corrected chi connectivity index (χ4v) is 2.75. The van der Waals surface area contributed by atoms with Crippen LogP contribution in [0.5, 0.6) is 5.75 Å². The van der Waals surface area contributed by atoms with Crippen molar-refractivity contribution in [2.45, 2.75) is 25.7 Å². The standard InChI is InChI=1S/C18H18F3N3O2/c19-18(20,21)26-15-6-4-14(5-7-15)17(25)23-12-13-3-8-16(22-11-13)24-9-1-2-10-24/h3-8,11H,1-2,9-10,12H2,(H,23,25). The molecule has 1 fully saturated rings. The first kappa shape index (κ1) is 18.0. The Balaban J connectivity index is 1.53. The summed E-state index contributed by atoms with van der Waals surface area (Å²) in [6.07, 6.45) is -0.690. The SMILES string of the molecule is O=C(NCc1ccc(N2CCCC2)nc1)c1ccc(OC(F)(F)F)cc1. The maximum Gasteiger partial charge on any atom is 0.573 e. The Morgan fingerprint density at radius 3 is 2.38 bits per heavy atom. The molecule has 1 aromatic heterocycles. The summed E-state index contributed by atoms with van der Waals surface area (Å²) in [5, 5.41) is 2.72. The highest BCUT2D eigenvalue weighted by Crippen LogP contribution is 2.22. The van der Waals surface area contributed by atoms with Crippen LogP contribution in [0.25, 0.3) is 0 Å². The highest BCUT2D eigenvalue weighted by Gasteiger charge is 2.31. The smallest absolute Gasteiger partial charge is 0.406 e. The van der Waals surface area contributed by atoms with Crippen LogP contribution in [0.1, 0.15) is 28.8 Å². The van der Waals surface area contributed by atoms with Crippen molar-refractivity contribution in [2.24, 2.45) is 0 Å². The van der Waals surface area contributed by atoms with E-state index in [4.69, 9.17) is 0 Å². The summed E-state index contributed by atoms with van der Waals surface area (Å²) < 4.78 is 40.2. The molecule has 1 aromatic carbocycles. The van der Waals surface area contributed by atoms with Gasteiger partial charge in [0, 0.05) is 31.4 Å². The molecule has 0 saturated carbocycles. The summed E-state index contributed by atoms with van der Waals surface area (Å²) in [5.74, 6) is 0.181. The molecular formula is C18H18F3N3O2. The van der Waals surface area contributed by atoms with Gasteiger partial charge >= 0.3 is 6.36 Å². The molecule has 26 heavy (non-hydrogen) atoms. The minimum absolute atomic E-state index is 0.251. The molecule has 2 heterocycles. The van der Waals surface area contributed by atoms with E-state index in [1.165, 1.54) is 25.0 Å². The highest BCUT2D eigenvalue weighted by molar-refractivity contribution is 5.94. The van der Waals surface area contributed by atoms with Crippen LogP contribution in [-0.4, -0.2) is 30.3 Å². The zero-order valence-corrected chi connectivity index (χ0v) is 13.9. The number of benzene rings is 1. The zero-order chi connectivity index (χ0) is 18.6. The van der Waals surface area contributed by atoms with Gasteiger partial charge in [-0.05, 0) is 48.7 Å². The number of nitrogens with zero attached hydrogens (tertiary/aromatic N) is 2. The largest absolute Gasteiger partial charge is 0.573 e. The quantitative estimate of drug-likeness (QED) is 0.881. The van der Waals surface area contributed by atoms with Crippen molar-refractivity contribution in [1.82, 2.24) is 10.3 Å². The van der Waals surface area contributed by atoms with Crippen molar-refractivity contribution in [3.8, 4) is 5.75 Å². The molecule has 8 heteroatoms. The van der Waals surface area contributed by atoms with Crippen LogP contribution in [-0.2, 0) is 6.54 Å². The van der Waals surface area contributed by atoms with E-state index >= 15 is 0 Å². The molecule has 5 nitrogen and oxygen atoms in total. The molecule has 0 bridgehead atoms. The molecular weight excluding hydrogens is 347 g/mol. The van der Waals surface area contributed by atoms with Gasteiger partial charge in [0.1, 0.15) is 11.6 Å². The van der Waals surface area contributed by atoms with Crippen LogP contribution >= 0.6 is 0 Å². The van der Waals surface area contributed by atoms with Crippen molar-refractivity contribution in [2.75, 3.05) is 18.0 Å². The van der Waals surface area contributed by atoms with Crippen molar-refractivity contribution in [1.29, 1.82) is 0 Å². The second-order valence-corrected chi connectivity index (χ2v) is 5.97. The van der Waals surface area contributed by atoms with Crippen LogP contribution < -0.4 is 15.0 Å². The number of rotatable bonds is 5. The molecule has 138 valence electrons. The summed E-state index contributed by atoms with van der Waals surface area (Å²) in [6, 6.07) is 8.61. The Hall–Kier alpha value is -2.77. The maximum atomic E-state index is 12.1. The molecule has 1 amide bonds. The molecule has 0 spiro atoms. The van der Waals surface area contributed by atoms with E-state index in [1.807, 2.05) is 12.1 Å². The number of aromatic nitrogens is 1. The molecule has 1 saturated heterocycles. The number of carbonyl (C=O) groups is 1. The van der Waals surface area contributed by atoms with Gasteiger partial charge in [-0.25, -0.2) is 4.98 Å². The topological polar surface area (TPSA) is 54.5 Å². The molecule has 3 rings (SSSR count). The molecule has 0 unspecified atom stereocenters. The molecule has 1 aliphatic rings. The van der Waals surface area contributed by atoms with Crippen molar-refractivity contribution >= 4 is 11.7 Å². The summed E-state index contributed by atoms with van der Waals surface area (Å²) in [6.45, 7) is 2.31. The van der Waals surface area contributed by atoms with Gasteiger partial charge in [-0.1, -0.05) is 6.07 Å². The number of ether oxygens (including phenoxy) is 1. The van der Waals surface area contributed by atoms with E-state index in [-0.39, 0.29) is 23.8 Å². The molecule has 1 aliphatic heterocycles. The van der Waals surface area contributed by atoms with Gasteiger partial charge in [-0.15, -0.1) is 13.2 Å². The number of halogens is 3. The Morgan fingerprint density at radius 2 is 1.81 bits per heavy atom. The van der Waals surface area contributed by atoms with Crippen LogP contribution in [0, 0.1) is 0 Å². The van der Waals surface area contributed by atoms with Crippen molar-refractivity contribution in [3.63, 3.8) is 0 Å². The monoisotopic (exact) mass is 365 g/mol. The van der Waals surface area contributed by atoms with E-state index in [1.54, 1.807) is 6.20 Å². The van der Waals surface area contributed by atoms with E-state index in [9.17, 15) is 18.0 Å². The lowest BCUT2D eigenvalue weighted by atomic mass is 10.2. The Labute approximate surface area is 148 Å². The van der Waals surface area contributed by atoms with Gasteiger partial charge in [0.05, 0.1) is 0 Å². The summed E-state index contributed by atoms with van der Waals surface area (Å²) >= 11 is 0.